The van der Waals surface area contributed by atoms with Crippen LogP contribution in [0.1, 0.15) is 40.7 Å². The SMILES string of the molecule is CCC(=O)c1c(C)nc2n(Cc3ccc(C)cc3)c3ccccc3n12. The van der Waals surface area contributed by atoms with E-state index in [1.165, 1.54) is 11.1 Å². The molecule has 0 unspecified atom stereocenters. The van der Waals surface area contributed by atoms with Crippen LogP contribution in [0, 0.1) is 13.8 Å². The van der Waals surface area contributed by atoms with E-state index < -0.39 is 0 Å². The number of hydrogen-bond acceptors (Lipinski definition) is 2. The van der Waals surface area contributed by atoms with Crippen molar-refractivity contribution in [3.8, 4) is 0 Å². The van der Waals surface area contributed by atoms with E-state index in [0.29, 0.717) is 12.1 Å². The highest BCUT2D eigenvalue weighted by Crippen LogP contribution is 2.26. The second kappa shape index (κ2) is 5.88. The average Bonchev–Trinajstić information content (AvgIpc) is 3.10. The van der Waals surface area contributed by atoms with Crippen LogP contribution in [0.4, 0.5) is 0 Å². The molecule has 4 rings (SSSR count). The summed E-state index contributed by atoms with van der Waals surface area (Å²) in [6.07, 6.45) is 0.478. The Bertz CT molecular complexity index is 1080. The van der Waals surface area contributed by atoms with Crippen LogP contribution in [0.15, 0.2) is 48.5 Å². The Kier molecular flexibility index (Phi) is 3.68. The molecule has 0 N–H and O–H groups in total. The van der Waals surface area contributed by atoms with Gasteiger partial charge in [-0.15, -0.1) is 0 Å². The Hall–Kier alpha value is -2.88. The molecule has 0 saturated carbocycles. The Morgan fingerprint density at radius 3 is 2.36 bits per heavy atom. The number of ketones is 1. The zero-order valence-electron chi connectivity index (χ0n) is 14.8. The quantitative estimate of drug-likeness (QED) is 0.515. The summed E-state index contributed by atoms with van der Waals surface area (Å²) in [6, 6.07) is 16.7. The number of carbonyl (C=O) groups excluding carboxylic acids is 1. The highest BCUT2D eigenvalue weighted by molar-refractivity contribution is 5.98. The highest BCUT2D eigenvalue weighted by atomic mass is 16.1. The standard InChI is InChI=1S/C21H21N3O/c1-4-19(25)20-15(3)22-21-23(13-16-11-9-14(2)10-12-16)17-7-5-6-8-18(17)24(20)21/h5-12H,4,13H2,1-3H3. The molecule has 0 bridgehead atoms. The fourth-order valence-corrected chi connectivity index (χ4v) is 3.44. The minimum absolute atomic E-state index is 0.128. The molecule has 4 heteroatoms. The van der Waals surface area contributed by atoms with Gasteiger partial charge in [0.15, 0.2) is 5.78 Å². The molecule has 0 atom stereocenters. The molecule has 2 aromatic carbocycles. The minimum Gasteiger partial charge on any atom is -0.305 e. The maximum absolute atomic E-state index is 12.5. The maximum atomic E-state index is 12.5. The van der Waals surface area contributed by atoms with Gasteiger partial charge >= 0.3 is 0 Å². The van der Waals surface area contributed by atoms with Crippen molar-refractivity contribution in [2.75, 3.05) is 0 Å². The van der Waals surface area contributed by atoms with Crippen molar-refractivity contribution >= 4 is 22.6 Å². The van der Waals surface area contributed by atoms with Crippen molar-refractivity contribution in [3.05, 3.63) is 71.0 Å². The lowest BCUT2D eigenvalue weighted by molar-refractivity contribution is 0.0982. The van der Waals surface area contributed by atoms with Gasteiger partial charge in [-0.1, -0.05) is 48.9 Å². The Morgan fingerprint density at radius 1 is 1.00 bits per heavy atom. The first kappa shape index (κ1) is 15.6. The van der Waals surface area contributed by atoms with Crippen LogP contribution >= 0.6 is 0 Å². The number of nitrogens with zero attached hydrogens (tertiary/aromatic N) is 3. The number of benzene rings is 2. The Labute approximate surface area is 146 Å². The molecule has 0 saturated heterocycles. The first-order chi connectivity index (χ1) is 12.1. The van der Waals surface area contributed by atoms with Gasteiger partial charge in [-0.2, -0.15) is 0 Å². The summed E-state index contributed by atoms with van der Waals surface area (Å²) in [5.41, 5.74) is 6.09. The summed E-state index contributed by atoms with van der Waals surface area (Å²) in [6.45, 7) is 6.63. The van der Waals surface area contributed by atoms with Crippen LogP contribution in [0.25, 0.3) is 16.8 Å². The number of imidazole rings is 2. The van der Waals surface area contributed by atoms with Gasteiger partial charge in [-0.05, 0) is 31.5 Å². The predicted octanol–water partition coefficient (Wildman–Crippen LogP) is 4.55. The Balaban J connectivity index is 1.99. The van der Waals surface area contributed by atoms with Gasteiger partial charge in [0, 0.05) is 6.42 Å². The molecule has 0 aliphatic carbocycles. The molecule has 25 heavy (non-hydrogen) atoms. The molecule has 2 aromatic heterocycles. The lowest BCUT2D eigenvalue weighted by Gasteiger charge is -2.06. The maximum Gasteiger partial charge on any atom is 0.216 e. The van der Waals surface area contributed by atoms with Gasteiger partial charge in [-0.3, -0.25) is 9.20 Å². The normalized spacial score (nSPS) is 11.5. The molecule has 0 aliphatic heterocycles. The summed E-state index contributed by atoms with van der Waals surface area (Å²) < 4.78 is 4.21. The molecule has 0 radical (unpaired) electrons. The van der Waals surface area contributed by atoms with Gasteiger partial charge < -0.3 is 4.57 Å². The molecule has 4 nitrogen and oxygen atoms in total. The minimum atomic E-state index is 0.128. The third kappa shape index (κ3) is 2.45. The number of hydrogen-bond donors (Lipinski definition) is 0. The summed E-state index contributed by atoms with van der Waals surface area (Å²) in [7, 11) is 0. The second-order valence-corrected chi connectivity index (χ2v) is 6.52. The third-order valence-corrected chi connectivity index (χ3v) is 4.74. The third-order valence-electron chi connectivity index (χ3n) is 4.74. The second-order valence-electron chi connectivity index (χ2n) is 6.52. The summed E-state index contributed by atoms with van der Waals surface area (Å²) >= 11 is 0. The van der Waals surface area contributed by atoms with Crippen LogP contribution in [0.2, 0.25) is 0 Å². The molecular weight excluding hydrogens is 310 g/mol. The number of aryl methyl sites for hydroxylation is 2. The predicted molar refractivity (Wildman–Crippen MR) is 100 cm³/mol. The number of Topliss-reactive ketones (excluding diaryl/α,β-unsaturated/α-hetero) is 1. The molecule has 0 aliphatic rings. The van der Waals surface area contributed by atoms with Crippen LogP contribution < -0.4 is 0 Å². The fourth-order valence-electron chi connectivity index (χ4n) is 3.44. The topological polar surface area (TPSA) is 39.3 Å². The van der Waals surface area contributed by atoms with Gasteiger partial charge in [0.05, 0.1) is 23.3 Å². The zero-order chi connectivity index (χ0) is 17.6. The lowest BCUT2D eigenvalue weighted by atomic mass is 10.1. The average molecular weight is 331 g/mol. The van der Waals surface area contributed by atoms with E-state index in [2.05, 4.69) is 47.9 Å². The molecule has 0 amide bonds. The lowest BCUT2D eigenvalue weighted by Crippen LogP contribution is -2.03. The van der Waals surface area contributed by atoms with E-state index in [0.717, 1.165) is 29.0 Å². The zero-order valence-corrected chi connectivity index (χ0v) is 14.8. The molecule has 126 valence electrons. The van der Waals surface area contributed by atoms with E-state index in [4.69, 9.17) is 4.98 Å². The molecular formula is C21H21N3O. The van der Waals surface area contributed by atoms with E-state index in [1.54, 1.807) is 0 Å². The van der Waals surface area contributed by atoms with Gasteiger partial charge in [-0.25, -0.2) is 4.98 Å². The summed E-state index contributed by atoms with van der Waals surface area (Å²) in [5.74, 6) is 0.958. The first-order valence-electron chi connectivity index (χ1n) is 8.65. The molecule has 4 aromatic rings. The van der Waals surface area contributed by atoms with Gasteiger partial charge in [0.1, 0.15) is 5.69 Å². The highest BCUT2D eigenvalue weighted by Gasteiger charge is 2.21. The van der Waals surface area contributed by atoms with Crippen LogP contribution in [-0.4, -0.2) is 19.7 Å². The van der Waals surface area contributed by atoms with E-state index >= 15 is 0 Å². The van der Waals surface area contributed by atoms with Crippen molar-refractivity contribution in [3.63, 3.8) is 0 Å². The van der Waals surface area contributed by atoms with Crippen molar-refractivity contribution in [1.82, 2.24) is 14.0 Å². The van der Waals surface area contributed by atoms with Crippen LogP contribution in [-0.2, 0) is 6.54 Å². The number of fused-ring (bicyclic) bond motifs is 3. The Morgan fingerprint density at radius 2 is 1.68 bits per heavy atom. The van der Waals surface area contributed by atoms with Crippen molar-refractivity contribution in [2.45, 2.75) is 33.7 Å². The van der Waals surface area contributed by atoms with Crippen molar-refractivity contribution in [1.29, 1.82) is 0 Å². The smallest absolute Gasteiger partial charge is 0.216 e. The number of aromatic nitrogens is 3. The summed E-state index contributed by atoms with van der Waals surface area (Å²) in [5, 5.41) is 0. The van der Waals surface area contributed by atoms with Gasteiger partial charge in [0.2, 0.25) is 5.78 Å². The number of para-hydroxylation sites is 2. The molecule has 2 heterocycles. The number of carbonyl (C=O) groups is 1. The van der Waals surface area contributed by atoms with Crippen LogP contribution in [0.5, 0.6) is 0 Å². The van der Waals surface area contributed by atoms with Crippen molar-refractivity contribution < 1.29 is 4.79 Å². The fraction of sp³-hybridized carbons (Fsp3) is 0.238. The first-order valence-corrected chi connectivity index (χ1v) is 8.65. The monoisotopic (exact) mass is 331 g/mol. The number of rotatable bonds is 4. The van der Waals surface area contributed by atoms with E-state index in [1.807, 2.05) is 30.4 Å². The van der Waals surface area contributed by atoms with Crippen LogP contribution in [0.3, 0.4) is 0 Å². The van der Waals surface area contributed by atoms with Crippen molar-refractivity contribution in [2.24, 2.45) is 0 Å². The molecule has 0 fully saturated rings. The summed E-state index contributed by atoms with van der Waals surface area (Å²) in [4.78, 5) is 17.2. The molecule has 0 spiro atoms. The van der Waals surface area contributed by atoms with Gasteiger partial charge in [0.25, 0.3) is 0 Å². The van der Waals surface area contributed by atoms with E-state index in [9.17, 15) is 4.79 Å². The van der Waals surface area contributed by atoms with E-state index in [-0.39, 0.29) is 5.78 Å². The largest absolute Gasteiger partial charge is 0.305 e.